The quantitative estimate of drug-likeness (QED) is 0.413. The summed E-state index contributed by atoms with van der Waals surface area (Å²) in [5.74, 6) is -0.666. The van der Waals surface area contributed by atoms with Gasteiger partial charge in [-0.05, 0) is 25.3 Å². The molecular weight excluding hydrogens is 396 g/mol. The van der Waals surface area contributed by atoms with Crippen molar-refractivity contribution in [2.75, 3.05) is 10.6 Å². The summed E-state index contributed by atoms with van der Waals surface area (Å²) in [5.41, 5.74) is 12.5. The topological polar surface area (TPSA) is 149 Å². The lowest BCUT2D eigenvalue weighted by atomic mass is 9.89. The fourth-order valence-electron chi connectivity index (χ4n) is 3.38. The van der Waals surface area contributed by atoms with Gasteiger partial charge in [0.05, 0.1) is 17.6 Å². The monoisotopic (exact) mass is 422 g/mol. The van der Waals surface area contributed by atoms with Gasteiger partial charge in [-0.25, -0.2) is 4.98 Å². The second-order valence-electron chi connectivity index (χ2n) is 7.97. The minimum Gasteiger partial charge on any atom is -0.370 e. The predicted molar refractivity (Wildman–Crippen MR) is 119 cm³/mol. The second-order valence-corrected chi connectivity index (χ2v) is 7.97. The highest BCUT2D eigenvalue weighted by Crippen LogP contribution is 2.29. The molecule has 0 saturated carbocycles. The molecule has 9 nitrogen and oxygen atoms in total. The molecule has 0 radical (unpaired) electrons. The van der Waals surface area contributed by atoms with Crippen LogP contribution in [-0.2, 0) is 4.79 Å². The number of nitrogens with two attached hydrogens (primary N) is 2. The molecule has 0 saturated heterocycles. The van der Waals surface area contributed by atoms with Gasteiger partial charge in [0.25, 0.3) is 5.91 Å². The zero-order valence-electron chi connectivity index (χ0n) is 17.7. The SMILES string of the molecule is CC(C)CC(C)(Nc1cnc(C(N)=O)c(Nc2cc(-c3ccccc3)no2)c1)C(N)=O. The van der Waals surface area contributed by atoms with Crippen LogP contribution < -0.4 is 22.1 Å². The Bertz CT molecular complexity index is 1080. The predicted octanol–water partition coefficient (Wildman–Crippen LogP) is 3.28. The maximum absolute atomic E-state index is 12.1. The number of nitrogens with zero attached hydrogens (tertiary/aromatic N) is 2. The molecule has 1 atom stereocenters. The van der Waals surface area contributed by atoms with Crippen LogP contribution in [0.1, 0.15) is 37.7 Å². The van der Waals surface area contributed by atoms with E-state index in [4.69, 9.17) is 16.0 Å². The first-order chi connectivity index (χ1) is 14.7. The summed E-state index contributed by atoms with van der Waals surface area (Å²) in [5, 5.41) is 10.2. The fourth-order valence-corrected chi connectivity index (χ4v) is 3.38. The van der Waals surface area contributed by atoms with Crippen molar-refractivity contribution in [2.24, 2.45) is 17.4 Å². The van der Waals surface area contributed by atoms with Crippen LogP contribution in [0.4, 0.5) is 17.3 Å². The highest BCUT2D eigenvalue weighted by atomic mass is 16.5. The van der Waals surface area contributed by atoms with Crippen molar-refractivity contribution in [3.63, 3.8) is 0 Å². The van der Waals surface area contributed by atoms with Gasteiger partial charge in [0.1, 0.15) is 11.2 Å². The number of carbonyl (C=O) groups excluding carboxylic acids is 2. The second kappa shape index (κ2) is 8.86. The zero-order valence-corrected chi connectivity index (χ0v) is 17.7. The molecule has 3 aromatic rings. The highest BCUT2D eigenvalue weighted by molar-refractivity contribution is 5.98. The van der Waals surface area contributed by atoms with Gasteiger partial charge in [0, 0.05) is 11.6 Å². The summed E-state index contributed by atoms with van der Waals surface area (Å²) in [6.07, 6.45) is 1.95. The molecule has 0 spiro atoms. The molecule has 0 bridgehead atoms. The first-order valence-electron chi connectivity index (χ1n) is 9.85. The first kappa shape index (κ1) is 21.8. The normalized spacial score (nSPS) is 12.9. The molecular formula is C22H26N6O3. The summed E-state index contributed by atoms with van der Waals surface area (Å²) in [6.45, 7) is 5.73. The maximum Gasteiger partial charge on any atom is 0.269 e. The molecule has 6 N–H and O–H groups in total. The van der Waals surface area contributed by atoms with Crippen LogP contribution in [0.3, 0.4) is 0 Å². The minimum atomic E-state index is -0.992. The Hall–Kier alpha value is -3.88. The number of amides is 2. The van der Waals surface area contributed by atoms with E-state index in [0.29, 0.717) is 29.4 Å². The van der Waals surface area contributed by atoms with Crippen molar-refractivity contribution in [2.45, 2.75) is 32.7 Å². The minimum absolute atomic E-state index is 0.0212. The Morgan fingerprint density at radius 1 is 1.16 bits per heavy atom. The van der Waals surface area contributed by atoms with E-state index < -0.39 is 17.4 Å². The van der Waals surface area contributed by atoms with Gasteiger partial charge in [-0.1, -0.05) is 49.3 Å². The average molecular weight is 422 g/mol. The Balaban J connectivity index is 1.90. The number of primary amides is 2. The smallest absolute Gasteiger partial charge is 0.269 e. The van der Waals surface area contributed by atoms with Crippen molar-refractivity contribution < 1.29 is 14.1 Å². The number of carbonyl (C=O) groups is 2. The molecule has 0 aliphatic heterocycles. The highest BCUT2D eigenvalue weighted by Gasteiger charge is 2.32. The third kappa shape index (κ3) is 5.19. The van der Waals surface area contributed by atoms with Crippen molar-refractivity contribution in [3.05, 3.63) is 54.4 Å². The number of hydrogen-bond donors (Lipinski definition) is 4. The van der Waals surface area contributed by atoms with Crippen LogP contribution >= 0.6 is 0 Å². The Morgan fingerprint density at radius 3 is 2.48 bits per heavy atom. The number of pyridine rings is 1. The first-order valence-corrected chi connectivity index (χ1v) is 9.85. The maximum atomic E-state index is 12.1. The Labute approximate surface area is 180 Å². The van der Waals surface area contributed by atoms with Crippen molar-refractivity contribution >= 4 is 29.1 Å². The lowest BCUT2D eigenvalue weighted by Crippen LogP contribution is -2.48. The van der Waals surface area contributed by atoms with E-state index in [-0.39, 0.29) is 11.6 Å². The van der Waals surface area contributed by atoms with E-state index in [9.17, 15) is 9.59 Å². The summed E-state index contributed by atoms with van der Waals surface area (Å²) in [6, 6.07) is 12.8. The van der Waals surface area contributed by atoms with Crippen LogP contribution in [0.2, 0.25) is 0 Å². The van der Waals surface area contributed by atoms with Crippen molar-refractivity contribution in [1.29, 1.82) is 0 Å². The average Bonchev–Trinajstić information content (AvgIpc) is 3.16. The molecule has 9 heteroatoms. The molecule has 2 amide bonds. The van der Waals surface area contributed by atoms with Gasteiger partial charge >= 0.3 is 0 Å². The molecule has 0 aliphatic rings. The molecule has 1 aromatic carbocycles. The van der Waals surface area contributed by atoms with E-state index in [1.165, 1.54) is 6.20 Å². The Kier molecular flexibility index (Phi) is 6.24. The summed E-state index contributed by atoms with van der Waals surface area (Å²) in [7, 11) is 0. The fraction of sp³-hybridized carbons (Fsp3) is 0.273. The molecule has 31 heavy (non-hydrogen) atoms. The third-order valence-corrected chi connectivity index (χ3v) is 4.74. The van der Waals surface area contributed by atoms with Gasteiger partial charge in [-0.15, -0.1) is 0 Å². The van der Waals surface area contributed by atoms with Gasteiger partial charge < -0.3 is 26.6 Å². The molecule has 2 aromatic heterocycles. The molecule has 0 aliphatic carbocycles. The molecule has 3 rings (SSSR count). The number of rotatable bonds is 9. The van der Waals surface area contributed by atoms with Gasteiger partial charge in [0.15, 0.2) is 5.69 Å². The number of anilines is 3. The van der Waals surface area contributed by atoms with E-state index in [1.54, 1.807) is 19.1 Å². The van der Waals surface area contributed by atoms with E-state index in [2.05, 4.69) is 20.8 Å². The lowest BCUT2D eigenvalue weighted by molar-refractivity contribution is -0.122. The van der Waals surface area contributed by atoms with Crippen molar-refractivity contribution in [3.8, 4) is 11.3 Å². The van der Waals surface area contributed by atoms with Crippen LogP contribution in [0.15, 0.2) is 53.2 Å². The van der Waals surface area contributed by atoms with E-state index in [0.717, 1.165) is 5.56 Å². The number of hydrogen-bond acceptors (Lipinski definition) is 7. The van der Waals surface area contributed by atoms with Crippen LogP contribution in [-0.4, -0.2) is 27.5 Å². The van der Waals surface area contributed by atoms with E-state index in [1.807, 2.05) is 44.2 Å². The summed E-state index contributed by atoms with van der Waals surface area (Å²) >= 11 is 0. The van der Waals surface area contributed by atoms with Gasteiger partial charge in [-0.2, -0.15) is 0 Å². The molecule has 1 unspecified atom stereocenters. The number of aromatic nitrogens is 2. The summed E-state index contributed by atoms with van der Waals surface area (Å²) in [4.78, 5) is 28.1. The summed E-state index contributed by atoms with van der Waals surface area (Å²) < 4.78 is 5.35. The van der Waals surface area contributed by atoms with Gasteiger partial charge in [0.2, 0.25) is 11.8 Å². The lowest BCUT2D eigenvalue weighted by Gasteiger charge is -2.30. The van der Waals surface area contributed by atoms with Crippen molar-refractivity contribution in [1.82, 2.24) is 10.1 Å². The van der Waals surface area contributed by atoms with E-state index >= 15 is 0 Å². The zero-order chi connectivity index (χ0) is 22.6. The third-order valence-electron chi connectivity index (χ3n) is 4.74. The standard InChI is InChI=1S/C22H26N6O3/c1-13(2)11-22(3,21(24)30)27-15-9-17(19(20(23)29)25-12-15)26-18-10-16(28-31-18)14-7-5-4-6-8-14/h4-10,12-13,26-27H,11H2,1-3H3,(H2,23,29)(H2,24,30). The largest absolute Gasteiger partial charge is 0.370 e. The van der Waals surface area contributed by atoms with Gasteiger partial charge in [-0.3, -0.25) is 9.59 Å². The van der Waals surface area contributed by atoms with Crippen LogP contribution in [0.5, 0.6) is 0 Å². The molecule has 2 heterocycles. The number of benzene rings is 1. The number of nitrogens with one attached hydrogen (secondary N) is 2. The van der Waals surface area contributed by atoms with Crippen LogP contribution in [0, 0.1) is 5.92 Å². The molecule has 162 valence electrons. The molecule has 0 fully saturated rings. The Morgan fingerprint density at radius 2 is 1.87 bits per heavy atom. The van der Waals surface area contributed by atoms with Crippen LogP contribution in [0.25, 0.3) is 11.3 Å².